The van der Waals surface area contributed by atoms with E-state index in [-0.39, 0.29) is 18.6 Å². The minimum absolute atomic E-state index is 0.0149. The van der Waals surface area contributed by atoms with Crippen LogP contribution in [0.15, 0.2) is 0 Å². The van der Waals surface area contributed by atoms with Gasteiger partial charge in [0.15, 0.2) is 0 Å². The molecule has 0 spiro atoms. The third kappa shape index (κ3) is 5.28. The molecule has 0 aliphatic carbocycles. The van der Waals surface area contributed by atoms with E-state index in [0.29, 0.717) is 25.4 Å². The van der Waals surface area contributed by atoms with Gasteiger partial charge < -0.3 is 20.1 Å². The number of nitrogens with two attached hydrogens (primary N) is 1. The predicted octanol–water partition coefficient (Wildman–Crippen LogP) is 0.931. The summed E-state index contributed by atoms with van der Waals surface area (Å²) >= 11 is 0. The van der Waals surface area contributed by atoms with Crippen molar-refractivity contribution in [1.82, 2.24) is 4.90 Å². The molecule has 122 valence electrons. The van der Waals surface area contributed by atoms with Crippen molar-refractivity contribution >= 4 is 11.9 Å². The molecule has 0 aromatic carbocycles. The van der Waals surface area contributed by atoms with E-state index in [1.807, 2.05) is 0 Å². The lowest BCUT2D eigenvalue weighted by Gasteiger charge is -2.28. The molecule has 1 fully saturated rings. The van der Waals surface area contributed by atoms with Crippen LogP contribution in [-0.2, 0) is 19.1 Å². The van der Waals surface area contributed by atoms with Crippen LogP contribution < -0.4 is 5.73 Å². The van der Waals surface area contributed by atoms with Gasteiger partial charge in [0.05, 0.1) is 13.2 Å². The van der Waals surface area contributed by atoms with Crippen LogP contribution in [0.1, 0.15) is 39.5 Å². The van der Waals surface area contributed by atoms with Gasteiger partial charge in [-0.05, 0) is 18.8 Å². The summed E-state index contributed by atoms with van der Waals surface area (Å²) in [5.74, 6) is -0.142. The first-order valence-corrected chi connectivity index (χ1v) is 7.76. The van der Waals surface area contributed by atoms with Gasteiger partial charge in [-0.1, -0.05) is 26.7 Å². The highest BCUT2D eigenvalue weighted by Gasteiger charge is 2.34. The van der Waals surface area contributed by atoms with Crippen LogP contribution in [0.4, 0.5) is 0 Å². The van der Waals surface area contributed by atoms with Crippen molar-refractivity contribution in [2.75, 3.05) is 26.7 Å². The maximum atomic E-state index is 12.6. The Morgan fingerprint density at radius 3 is 2.48 bits per heavy atom. The molecule has 1 amide bonds. The van der Waals surface area contributed by atoms with E-state index in [0.717, 1.165) is 19.3 Å². The number of esters is 1. The van der Waals surface area contributed by atoms with E-state index in [1.165, 1.54) is 7.11 Å². The lowest BCUT2D eigenvalue weighted by Crippen LogP contribution is -2.45. The Kier molecular flexibility index (Phi) is 7.67. The third-order valence-electron chi connectivity index (χ3n) is 4.14. The molecular formula is C15H28N2O4. The molecule has 1 saturated heterocycles. The summed E-state index contributed by atoms with van der Waals surface area (Å²) in [6.07, 6.45) is 2.88. The Morgan fingerprint density at radius 1 is 1.33 bits per heavy atom. The number of hydrogen-bond donors (Lipinski definition) is 1. The molecule has 6 heteroatoms. The molecule has 0 radical (unpaired) electrons. The minimum Gasteiger partial charge on any atom is -0.468 e. The van der Waals surface area contributed by atoms with Crippen molar-refractivity contribution in [1.29, 1.82) is 0 Å². The second-order valence-electron chi connectivity index (χ2n) is 5.54. The molecule has 2 N–H and O–H groups in total. The van der Waals surface area contributed by atoms with Gasteiger partial charge in [-0.2, -0.15) is 0 Å². The number of amides is 1. The highest BCUT2D eigenvalue weighted by Crippen LogP contribution is 2.22. The van der Waals surface area contributed by atoms with Gasteiger partial charge in [-0.3, -0.25) is 9.59 Å². The summed E-state index contributed by atoms with van der Waals surface area (Å²) in [6, 6.07) is 0. The van der Waals surface area contributed by atoms with Crippen LogP contribution in [0.5, 0.6) is 0 Å². The summed E-state index contributed by atoms with van der Waals surface area (Å²) in [5.41, 5.74) is 5.57. The number of methoxy groups -OCH3 is 1. The first kappa shape index (κ1) is 17.9. The fourth-order valence-corrected chi connectivity index (χ4v) is 2.58. The highest BCUT2D eigenvalue weighted by atomic mass is 16.5. The summed E-state index contributed by atoms with van der Waals surface area (Å²) < 4.78 is 10.3. The molecule has 0 aromatic rings. The van der Waals surface area contributed by atoms with E-state index in [1.54, 1.807) is 4.90 Å². The molecular weight excluding hydrogens is 272 g/mol. The van der Waals surface area contributed by atoms with Gasteiger partial charge in [0.1, 0.15) is 12.6 Å². The monoisotopic (exact) mass is 300 g/mol. The molecule has 21 heavy (non-hydrogen) atoms. The van der Waals surface area contributed by atoms with Crippen molar-refractivity contribution in [3.63, 3.8) is 0 Å². The average Bonchev–Trinajstić information content (AvgIpc) is 2.99. The van der Waals surface area contributed by atoms with Crippen LogP contribution >= 0.6 is 0 Å². The van der Waals surface area contributed by atoms with Crippen LogP contribution in [0.2, 0.25) is 0 Å². The first-order chi connectivity index (χ1) is 10.0. The Balaban J connectivity index is 2.70. The van der Waals surface area contributed by atoms with E-state index in [9.17, 15) is 9.59 Å². The van der Waals surface area contributed by atoms with Gasteiger partial charge in [-0.25, -0.2) is 0 Å². The zero-order valence-corrected chi connectivity index (χ0v) is 13.3. The standard InChI is InChI=1S/C15H28N2O4/c1-4-11(5-2)9-17(10-14(18)20-3)15(19)13-7-6-12(8-16)21-13/h11-13H,4-10,16H2,1-3H3. The maximum Gasteiger partial charge on any atom is 0.325 e. The molecule has 1 aliphatic rings. The quantitative estimate of drug-likeness (QED) is 0.674. The van der Waals surface area contributed by atoms with Crippen LogP contribution in [0.3, 0.4) is 0 Å². The smallest absolute Gasteiger partial charge is 0.325 e. The maximum absolute atomic E-state index is 12.6. The van der Waals surface area contributed by atoms with E-state index in [4.69, 9.17) is 15.2 Å². The van der Waals surface area contributed by atoms with Gasteiger partial charge in [0.2, 0.25) is 0 Å². The number of rotatable bonds is 8. The summed E-state index contributed by atoms with van der Waals surface area (Å²) in [6.45, 7) is 5.15. The SMILES string of the molecule is CCC(CC)CN(CC(=O)OC)C(=O)C1CCC(CN)O1. The average molecular weight is 300 g/mol. The molecule has 6 nitrogen and oxygen atoms in total. The van der Waals surface area contributed by atoms with Gasteiger partial charge in [0.25, 0.3) is 5.91 Å². The molecule has 0 bridgehead atoms. The fraction of sp³-hybridized carbons (Fsp3) is 0.867. The number of carbonyl (C=O) groups excluding carboxylic acids is 2. The number of nitrogens with zero attached hydrogens (tertiary/aromatic N) is 1. The molecule has 2 atom stereocenters. The summed E-state index contributed by atoms with van der Waals surface area (Å²) in [7, 11) is 1.33. The largest absolute Gasteiger partial charge is 0.468 e. The van der Waals surface area contributed by atoms with E-state index in [2.05, 4.69) is 13.8 Å². The second-order valence-corrected chi connectivity index (χ2v) is 5.54. The molecule has 0 aromatic heterocycles. The third-order valence-corrected chi connectivity index (χ3v) is 4.14. The zero-order chi connectivity index (χ0) is 15.8. The van der Waals surface area contributed by atoms with Gasteiger partial charge >= 0.3 is 5.97 Å². The van der Waals surface area contributed by atoms with Crippen LogP contribution in [0, 0.1) is 5.92 Å². The number of ether oxygens (including phenoxy) is 2. The lowest BCUT2D eigenvalue weighted by atomic mass is 10.0. The van der Waals surface area contributed by atoms with Crippen molar-refractivity contribution in [2.45, 2.75) is 51.7 Å². The lowest BCUT2D eigenvalue weighted by molar-refractivity contribution is -0.152. The molecule has 2 unspecified atom stereocenters. The van der Waals surface area contributed by atoms with Crippen LogP contribution in [0.25, 0.3) is 0 Å². The summed E-state index contributed by atoms with van der Waals surface area (Å²) in [5, 5.41) is 0. The van der Waals surface area contributed by atoms with Crippen molar-refractivity contribution in [3.05, 3.63) is 0 Å². The second kappa shape index (κ2) is 9.00. The number of carbonyl (C=O) groups is 2. The zero-order valence-electron chi connectivity index (χ0n) is 13.3. The Morgan fingerprint density at radius 2 is 2.00 bits per heavy atom. The van der Waals surface area contributed by atoms with Crippen molar-refractivity contribution < 1.29 is 19.1 Å². The topological polar surface area (TPSA) is 81.9 Å². The van der Waals surface area contributed by atoms with Gasteiger partial charge in [-0.15, -0.1) is 0 Å². The van der Waals surface area contributed by atoms with Crippen molar-refractivity contribution in [3.8, 4) is 0 Å². The van der Waals surface area contributed by atoms with E-state index >= 15 is 0 Å². The Hall–Kier alpha value is -1.14. The van der Waals surface area contributed by atoms with Gasteiger partial charge in [0, 0.05) is 13.1 Å². The molecule has 1 aliphatic heterocycles. The minimum atomic E-state index is -0.474. The predicted molar refractivity (Wildman–Crippen MR) is 79.6 cm³/mol. The van der Waals surface area contributed by atoms with E-state index < -0.39 is 12.1 Å². The number of hydrogen-bond acceptors (Lipinski definition) is 5. The summed E-state index contributed by atoms with van der Waals surface area (Å²) in [4.78, 5) is 25.7. The highest BCUT2D eigenvalue weighted by molar-refractivity contribution is 5.85. The fourth-order valence-electron chi connectivity index (χ4n) is 2.58. The Labute approximate surface area is 126 Å². The molecule has 0 saturated carbocycles. The molecule has 1 rings (SSSR count). The first-order valence-electron chi connectivity index (χ1n) is 7.76. The molecule has 1 heterocycles. The van der Waals surface area contributed by atoms with Crippen LogP contribution in [-0.4, -0.2) is 55.7 Å². The normalized spacial score (nSPS) is 21.6. The Bertz CT molecular complexity index is 345. The van der Waals surface area contributed by atoms with Crippen molar-refractivity contribution in [2.24, 2.45) is 11.7 Å².